The molecule has 32 heavy (non-hydrogen) atoms. The summed E-state index contributed by atoms with van der Waals surface area (Å²) in [4.78, 5) is 36.3. The summed E-state index contributed by atoms with van der Waals surface area (Å²) in [7, 11) is 0. The average molecular weight is 433 g/mol. The maximum absolute atomic E-state index is 12.6. The maximum Gasteiger partial charge on any atom is 0.343 e. The molecule has 0 aliphatic heterocycles. The van der Waals surface area contributed by atoms with Crippen molar-refractivity contribution in [1.29, 1.82) is 0 Å². The monoisotopic (exact) mass is 433 g/mol. The van der Waals surface area contributed by atoms with E-state index in [1.54, 1.807) is 54.6 Å². The minimum absolute atomic E-state index is 0.00822. The molecule has 3 rings (SSSR count). The first-order valence-electron chi connectivity index (χ1n) is 9.92. The predicted octanol–water partition coefficient (Wildman–Crippen LogP) is 3.70. The number of esters is 2. The van der Waals surface area contributed by atoms with Crippen LogP contribution in [0.25, 0.3) is 0 Å². The minimum atomic E-state index is -1.15. The molecule has 0 aliphatic rings. The average Bonchev–Trinajstić information content (AvgIpc) is 2.76. The maximum atomic E-state index is 12.6. The van der Waals surface area contributed by atoms with Crippen LogP contribution in [0.15, 0.2) is 66.7 Å². The first-order chi connectivity index (χ1) is 15.2. The smallest absolute Gasteiger partial charge is 0.343 e. The fraction of sp³-hybridized carbons (Fsp3) is 0.160. The summed E-state index contributed by atoms with van der Waals surface area (Å²) >= 11 is 0. The van der Waals surface area contributed by atoms with Gasteiger partial charge in [0, 0.05) is 0 Å². The number of carboxylic acid groups (broad SMARTS) is 1. The molecular formula is C25H23NO6. The van der Waals surface area contributed by atoms with Gasteiger partial charge in [-0.25, -0.2) is 9.59 Å². The second-order valence-electron chi connectivity index (χ2n) is 7.44. The van der Waals surface area contributed by atoms with Crippen LogP contribution in [-0.2, 0) is 11.2 Å². The van der Waals surface area contributed by atoms with Crippen molar-refractivity contribution in [1.82, 2.24) is 0 Å². The number of carboxylic acids is 1. The summed E-state index contributed by atoms with van der Waals surface area (Å²) in [6, 6.07) is 17.0. The lowest BCUT2D eigenvalue weighted by Crippen LogP contribution is -2.32. The molecule has 0 aliphatic carbocycles. The number of carbonyl (C=O) groups is 3. The summed E-state index contributed by atoms with van der Waals surface area (Å²) in [5, 5.41) is 9.07. The van der Waals surface area contributed by atoms with Crippen molar-refractivity contribution in [2.24, 2.45) is 5.73 Å². The van der Waals surface area contributed by atoms with Gasteiger partial charge in [-0.2, -0.15) is 0 Å². The zero-order chi connectivity index (χ0) is 23.3. The normalized spacial score (nSPS) is 11.5. The molecule has 0 bridgehead atoms. The van der Waals surface area contributed by atoms with Crippen molar-refractivity contribution < 1.29 is 29.0 Å². The minimum Gasteiger partial charge on any atom is -0.480 e. The van der Waals surface area contributed by atoms with Gasteiger partial charge in [-0.3, -0.25) is 4.79 Å². The predicted molar refractivity (Wildman–Crippen MR) is 118 cm³/mol. The van der Waals surface area contributed by atoms with Gasteiger partial charge in [0.2, 0.25) is 0 Å². The van der Waals surface area contributed by atoms with Crippen LogP contribution in [0.3, 0.4) is 0 Å². The number of ether oxygens (including phenoxy) is 2. The Labute approximate surface area is 185 Å². The van der Waals surface area contributed by atoms with Crippen LogP contribution in [-0.4, -0.2) is 29.1 Å². The molecule has 0 fully saturated rings. The Balaban J connectivity index is 1.89. The molecule has 0 amide bonds. The third kappa shape index (κ3) is 5.80. The summed E-state index contributed by atoms with van der Waals surface area (Å²) in [6.45, 7) is 3.80. The van der Waals surface area contributed by atoms with Gasteiger partial charge in [-0.1, -0.05) is 41.5 Å². The number of carbonyl (C=O) groups excluding carboxylic acids is 2. The fourth-order valence-corrected chi connectivity index (χ4v) is 2.88. The standard InChI is InChI=1S/C25H23NO6/c1-15-3-8-18(9-4-15)24(29)31-21-12-7-17(13-20(26)23(27)28)14-22(21)32-25(30)19-10-5-16(2)6-11-19/h3-12,14,20H,13,26H2,1-2H3,(H,27,28)/t20-/m0/s1. The number of aryl methyl sites for hydroxylation is 2. The molecule has 0 unspecified atom stereocenters. The highest BCUT2D eigenvalue weighted by molar-refractivity contribution is 5.93. The van der Waals surface area contributed by atoms with E-state index in [-0.39, 0.29) is 17.9 Å². The molecule has 0 saturated heterocycles. The van der Waals surface area contributed by atoms with Gasteiger partial charge in [0.05, 0.1) is 11.1 Å². The Kier molecular flexibility index (Phi) is 7.02. The zero-order valence-electron chi connectivity index (χ0n) is 17.7. The van der Waals surface area contributed by atoms with Gasteiger partial charge < -0.3 is 20.3 Å². The molecule has 0 aromatic heterocycles. The number of benzene rings is 3. The summed E-state index contributed by atoms with van der Waals surface area (Å²) in [6.07, 6.45) is 0.0105. The van der Waals surface area contributed by atoms with E-state index in [0.29, 0.717) is 16.7 Å². The van der Waals surface area contributed by atoms with Gasteiger partial charge in [0.1, 0.15) is 6.04 Å². The number of aliphatic carboxylic acids is 1. The summed E-state index contributed by atoms with van der Waals surface area (Å²) in [5.41, 5.74) is 8.77. The van der Waals surface area contributed by atoms with Gasteiger partial charge in [0.15, 0.2) is 11.5 Å². The van der Waals surface area contributed by atoms with E-state index in [1.165, 1.54) is 12.1 Å². The second kappa shape index (κ2) is 9.89. The van der Waals surface area contributed by atoms with Crippen molar-refractivity contribution >= 4 is 17.9 Å². The first-order valence-corrected chi connectivity index (χ1v) is 9.92. The van der Waals surface area contributed by atoms with Crippen molar-refractivity contribution in [3.05, 3.63) is 94.5 Å². The van der Waals surface area contributed by atoms with Gasteiger partial charge >= 0.3 is 17.9 Å². The lowest BCUT2D eigenvalue weighted by atomic mass is 10.1. The Hall–Kier alpha value is -3.97. The molecule has 0 spiro atoms. The highest BCUT2D eigenvalue weighted by Gasteiger charge is 2.19. The highest BCUT2D eigenvalue weighted by Crippen LogP contribution is 2.30. The van der Waals surface area contributed by atoms with Crippen LogP contribution < -0.4 is 15.2 Å². The van der Waals surface area contributed by atoms with E-state index in [0.717, 1.165) is 11.1 Å². The molecule has 7 heteroatoms. The van der Waals surface area contributed by atoms with Gasteiger partial charge in [-0.05, 0) is 62.2 Å². The van der Waals surface area contributed by atoms with Crippen LogP contribution in [0.5, 0.6) is 11.5 Å². The Morgan fingerprint density at radius 3 is 1.72 bits per heavy atom. The number of nitrogens with two attached hydrogens (primary N) is 1. The zero-order valence-corrected chi connectivity index (χ0v) is 17.7. The number of hydrogen-bond donors (Lipinski definition) is 2. The van der Waals surface area contributed by atoms with E-state index >= 15 is 0 Å². The first kappa shape index (κ1) is 22.7. The van der Waals surface area contributed by atoms with Crippen molar-refractivity contribution in [2.45, 2.75) is 26.3 Å². The lowest BCUT2D eigenvalue weighted by molar-refractivity contribution is -0.138. The molecular weight excluding hydrogens is 410 g/mol. The van der Waals surface area contributed by atoms with Crippen molar-refractivity contribution in [3.8, 4) is 11.5 Å². The van der Waals surface area contributed by atoms with Crippen LogP contribution in [0, 0.1) is 13.8 Å². The molecule has 0 heterocycles. The highest BCUT2D eigenvalue weighted by atomic mass is 16.6. The van der Waals surface area contributed by atoms with Crippen molar-refractivity contribution in [3.63, 3.8) is 0 Å². The molecule has 7 nitrogen and oxygen atoms in total. The van der Waals surface area contributed by atoms with E-state index < -0.39 is 23.9 Å². The molecule has 164 valence electrons. The molecule has 3 N–H and O–H groups in total. The van der Waals surface area contributed by atoms with E-state index in [9.17, 15) is 14.4 Å². The van der Waals surface area contributed by atoms with Gasteiger partial charge in [-0.15, -0.1) is 0 Å². The van der Waals surface area contributed by atoms with Crippen LogP contribution >= 0.6 is 0 Å². The van der Waals surface area contributed by atoms with Crippen LogP contribution in [0.2, 0.25) is 0 Å². The third-order valence-electron chi connectivity index (χ3n) is 4.76. The topological polar surface area (TPSA) is 116 Å². The number of hydrogen-bond acceptors (Lipinski definition) is 6. The molecule has 3 aromatic carbocycles. The van der Waals surface area contributed by atoms with Gasteiger partial charge in [0.25, 0.3) is 0 Å². The molecule has 3 aromatic rings. The van der Waals surface area contributed by atoms with Crippen molar-refractivity contribution in [2.75, 3.05) is 0 Å². The SMILES string of the molecule is Cc1ccc(C(=O)Oc2ccc(C[C@H](N)C(=O)O)cc2OC(=O)c2ccc(C)cc2)cc1. The second-order valence-corrected chi connectivity index (χ2v) is 7.44. The number of rotatable bonds is 7. The summed E-state index contributed by atoms with van der Waals surface area (Å²) < 4.78 is 11.0. The molecule has 0 radical (unpaired) electrons. The van der Waals surface area contributed by atoms with E-state index in [1.807, 2.05) is 13.8 Å². The quantitative estimate of drug-likeness (QED) is 0.431. The van der Waals surface area contributed by atoms with E-state index in [2.05, 4.69) is 0 Å². The Morgan fingerprint density at radius 2 is 1.25 bits per heavy atom. The van der Waals surface area contributed by atoms with Crippen LogP contribution in [0.1, 0.15) is 37.4 Å². The van der Waals surface area contributed by atoms with E-state index in [4.69, 9.17) is 20.3 Å². The van der Waals surface area contributed by atoms with Crippen LogP contribution in [0.4, 0.5) is 0 Å². The Morgan fingerprint density at radius 1 is 0.781 bits per heavy atom. The molecule has 1 atom stereocenters. The largest absolute Gasteiger partial charge is 0.480 e. The fourth-order valence-electron chi connectivity index (χ4n) is 2.88. The lowest BCUT2D eigenvalue weighted by Gasteiger charge is -2.14. The summed E-state index contributed by atoms with van der Waals surface area (Å²) in [5.74, 6) is -2.39. The third-order valence-corrected chi connectivity index (χ3v) is 4.76. The molecule has 0 saturated carbocycles. The Bertz CT molecular complexity index is 1140.